The Kier molecular flexibility index (Phi) is 4.63. The molecule has 2 N–H and O–H groups in total. The van der Waals surface area contributed by atoms with Crippen molar-refractivity contribution in [2.75, 3.05) is 19.0 Å². The van der Waals surface area contributed by atoms with Crippen molar-refractivity contribution >= 4 is 11.7 Å². The first-order valence-corrected chi connectivity index (χ1v) is 6.53. The number of nitrogens with one attached hydrogen (secondary N) is 2. The van der Waals surface area contributed by atoms with Gasteiger partial charge in [-0.3, -0.25) is 0 Å². The number of rotatable bonds is 4. The van der Waals surface area contributed by atoms with Crippen LogP contribution in [0.3, 0.4) is 0 Å². The Hall–Kier alpha value is -1.75. The van der Waals surface area contributed by atoms with Gasteiger partial charge in [0.1, 0.15) is 5.75 Å². The largest absolute Gasteiger partial charge is 0.495 e. The Morgan fingerprint density at radius 3 is 2.95 bits per heavy atom. The van der Waals surface area contributed by atoms with E-state index in [9.17, 15) is 4.79 Å². The van der Waals surface area contributed by atoms with Gasteiger partial charge in [-0.15, -0.1) is 0 Å². The van der Waals surface area contributed by atoms with Gasteiger partial charge in [0, 0.05) is 6.61 Å². The molecule has 0 aliphatic carbocycles. The molecule has 1 aromatic rings. The molecule has 0 bridgehead atoms. The van der Waals surface area contributed by atoms with Gasteiger partial charge in [-0.2, -0.15) is 0 Å². The van der Waals surface area contributed by atoms with Crippen LogP contribution in [-0.4, -0.2) is 31.9 Å². The minimum absolute atomic E-state index is 0.00259. The third-order valence-corrected chi connectivity index (χ3v) is 3.24. The summed E-state index contributed by atoms with van der Waals surface area (Å²) in [6.45, 7) is 2.74. The number of carbonyl (C=O) groups is 1. The van der Waals surface area contributed by atoms with Gasteiger partial charge in [0.2, 0.25) is 0 Å². The molecule has 1 heterocycles. The molecule has 0 saturated carbocycles. The smallest absolute Gasteiger partial charge is 0.319 e. The fourth-order valence-corrected chi connectivity index (χ4v) is 2.20. The first kappa shape index (κ1) is 13.7. The van der Waals surface area contributed by atoms with Crippen molar-refractivity contribution in [3.8, 4) is 5.75 Å². The van der Waals surface area contributed by atoms with Gasteiger partial charge in [-0.1, -0.05) is 12.1 Å². The van der Waals surface area contributed by atoms with E-state index in [1.54, 1.807) is 19.2 Å². The summed E-state index contributed by atoms with van der Waals surface area (Å²) in [5, 5.41) is 5.68. The summed E-state index contributed by atoms with van der Waals surface area (Å²) >= 11 is 0. The number of hydrogen-bond acceptors (Lipinski definition) is 3. The first-order chi connectivity index (χ1) is 9.20. The third-order valence-electron chi connectivity index (χ3n) is 3.24. The summed E-state index contributed by atoms with van der Waals surface area (Å²) < 4.78 is 10.7. The number of benzene rings is 1. The first-order valence-electron chi connectivity index (χ1n) is 6.53. The molecule has 2 amide bonds. The predicted molar refractivity (Wildman–Crippen MR) is 73.6 cm³/mol. The van der Waals surface area contributed by atoms with Gasteiger partial charge in [0.05, 0.1) is 24.9 Å². The number of para-hydroxylation sites is 2. The van der Waals surface area contributed by atoms with Crippen molar-refractivity contribution in [1.82, 2.24) is 5.32 Å². The Morgan fingerprint density at radius 1 is 1.47 bits per heavy atom. The average Bonchev–Trinajstić information content (AvgIpc) is 2.93. The van der Waals surface area contributed by atoms with Crippen molar-refractivity contribution in [2.24, 2.45) is 0 Å². The highest BCUT2D eigenvalue weighted by Gasteiger charge is 2.23. The topological polar surface area (TPSA) is 59.6 Å². The Balaban J connectivity index is 1.89. The molecule has 2 rings (SSSR count). The van der Waals surface area contributed by atoms with Crippen LogP contribution in [0.25, 0.3) is 0 Å². The van der Waals surface area contributed by atoms with Crippen LogP contribution in [0, 0.1) is 0 Å². The van der Waals surface area contributed by atoms with Crippen molar-refractivity contribution in [1.29, 1.82) is 0 Å². The number of hydrogen-bond donors (Lipinski definition) is 2. The highest BCUT2D eigenvalue weighted by molar-refractivity contribution is 5.91. The van der Waals surface area contributed by atoms with Crippen LogP contribution in [0.5, 0.6) is 5.75 Å². The van der Waals surface area contributed by atoms with Crippen molar-refractivity contribution in [3.05, 3.63) is 24.3 Å². The van der Waals surface area contributed by atoms with E-state index in [1.807, 2.05) is 19.1 Å². The number of amides is 2. The molecule has 1 aliphatic heterocycles. The van der Waals surface area contributed by atoms with Gasteiger partial charge >= 0.3 is 6.03 Å². The zero-order valence-electron chi connectivity index (χ0n) is 11.3. The van der Waals surface area contributed by atoms with E-state index in [0.29, 0.717) is 11.4 Å². The van der Waals surface area contributed by atoms with E-state index in [-0.39, 0.29) is 18.2 Å². The summed E-state index contributed by atoms with van der Waals surface area (Å²) in [6, 6.07) is 7.07. The molecule has 1 fully saturated rings. The molecule has 19 heavy (non-hydrogen) atoms. The average molecular weight is 264 g/mol. The molecule has 0 unspecified atom stereocenters. The summed E-state index contributed by atoms with van der Waals surface area (Å²) in [5.74, 6) is 0.641. The van der Waals surface area contributed by atoms with Crippen LogP contribution in [0.1, 0.15) is 19.8 Å². The number of anilines is 1. The molecule has 0 spiro atoms. The highest BCUT2D eigenvalue weighted by Crippen LogP contribution is 2.23. The second kappa shape index (κ2) is 6.43. The maximum Gasteiger partial charge on any atom is 0.319 e. The number of urea groups is 1. The number of methoxy groups -OCH3 is 1. The van der Waals surface area contributed by atoms with E-state index in [1.165, 1.54) is 0 Å². The van der Waals surface area contributed by atoms with Crippen LogP contribution < -0.4 is 15.4 Å². The number of ether oxygens (including phenoxy) is 2. The van der Waals surface area contributed by atoms with Gasteiger partial charge in [0.25, 0.3) is 0 Å². The fourth-order valence-electron chi connectivity index (χ4n) is 2.20. The normalized spacial score (nSPS) is 19.8. The lowest BCUT2D eigenvalue weighted by atomic mass is 10.1. The molecular weight excluding hydrogens is 244 g/mol. The minimum atomic E-state index is -0.243. The molecular formula is C14H20N2O3. The van der Waals surface area contributed by atoms with E-state index in [2.05, 4.69) is 10.6 Å². The Morgan fingerprint density at radius 2 is 2.26 bits per heavy atom. The van der Waals surface area contributed by atoms with Crippen molar-refractivity contribution in [2.45, 2.75) is 31.9 Å². The molecule has 0 radical (unpaired) electrons. The molecule has 104 valence electrons. The second-order valence-electron chi connectivity index (χ2n) is 4.64. The highest BCUT2D eigenvalue weighted by atomic mass is 16.5. The van der Waals surface area contributed by atoms with Gasteiger partial charge in [0.15, 0.2) is 0 Å². The Labute approximate surface area is 113 Å². The lowest BCUT2D eigenvalue weighted by Crippen LogP contribution is -2.43. The maximum absolute atomic E-state index is 11.9. The molecule has 1 aromatic carbocycles. The van der Waals surface area contributed by atoms with Crippen LogP contribution in [0.4, 0.5) is 10.5 Å². The van der Waals surface area contributed by atoms with Gasteiger partial charge < -0.3 is 20.1 Å². The maximum atomic E-state index is 11.9. The fraction of sp³-hybridized carbons (Fsp3) is 0.500. The lowest BCUT2D eigenvalue weighted by Gasteiger charge is -2.20. The zero-order chi connectivity index (χ0) is 13.7. The van der Waals surface area contributed by atoms with E-state index < -0.39 is 0 Å². The summed E-state index contributed by atoms with van der Waals surface area (Å²) in [4.78, 5) is 11.9. The van der Waals surface area contributed by atoms with Crippen LogP contribution >= 0.6 is 0 Å². The van der Waals surface area contributed by atoms with E-state index in [4.69, 9.17) is 9.47 Å². The van der Waals surface area contributed by atoms with E-state index in [0.717, 1.165) is 19.4 Å². The van der Waals surface area contributed by atoms with Crippen molar-refractivity contribution < 1.29 is 14.3 Å². The standard InChI is InChI=1S/C14H20N2O3/c1-10(12-8-5-9-19-12)15-14(17)16-11-6-3-4-7-13(11)18-2/h3-4,6-7,10,12H,5,8-9H2,1-2H3,(H2,15,16,17)/t10-,12+/m0/s1. The summed E-state index contributed by atoms with van der Waals surface area (Å²) in [5.41, 5.74) is 0.655. The molecule has 0 aromatic heterocycles. The lowest BCUT2D eigenvalue weighted by molar-refractivity contribution is 0.0868. The third kappa shape index (κ3) is 3.61. The van der Waals surface area contributed by atoms with Crippen LogP contribution in [0.15, 0.2) is 24.3 Å². The summed E-state index contributed by atoms with van der Waals surface area (Å²) in [7, 11) is 1.58. The van der Waals surface area contributed by atoms with E-state index >= 15 is 0 Å². The minimum Gasteiger partial charge on any atom is -0.495 e. The zero-order valence-corrected chi connectivity index (χ0v) is 11.3. The molecule has 5 heteroatoms. The molecule has 2 atom stereocenters. The SMILES string of the molecule is COc1ccccc1NC(=O)N[C@@H](C)[C@H]1CCCO1. The van der Waals surface area contributed by atoms with Gasteiger partial charge in [-0.05, 0) is 31.9 Å². The number of carbonyl (C=O) groups excluding carboxylic acids is 1. The monoisotopic (exact) mass is 264 g/mol. The predicted octanol–water partition coefficient (Wildman–Crippen LogP) is 2.38. The van der Waals surface area contributed by atoms with Crippen molar-refractivity contribution in [3.63, 3.8) is 0 Å². The molecule has 1 saturated heterocycles. The second-order valence-corrected chi connectivity index (χ2v) is 4.64. The molecule has 5 nitrogen and oxygen atoms in total. The Bertz CT molecular complexity index is 430. The summed E-state index contributed by atoms with van der Waals surface area (Å²) in [6.07, 6.45) is 2.17. The van der Waals surface area contributed by atoms with Crippen LogP contribution in [0.2, 0.25) is 0 Å². The molecule has 1 aliphatic rings. The quantitative estimate of drug-likeness (QED) is 0.877. The van der Waals surface area contributed by atoms with Gasteiger partial charge in [-0.25, -0.2) is 4.79 Å². The van der Waals surface area contributed by atoms with Crippen LogP contribution in [-0.2, 0) is 4.74 Å².